The molecule has 1 fully saturated rings. The summed E-state index contributed by atoms with van der Waals surface area (Å²) >= 11 is 3.45. The molecule has 0 radical (unpaired) electrons. The molecule has 1 aliphatic rings. The molecule has 2 nitrogen and oxygen atoms in total. The second kappa shape index (κ2) is 5.67. The fourth-order valence-corrected chi connectivity index (χ4v) is 3.09. The maximum absolute atomic E-state index is 12.0. The molecule has 1 saturated heterocycles. The monoisotopic (exact) mass is 295 g/mol. The van der Waals surface area contributed by atoms with Crippen molar-refractivity contribution in [3.8, 4) is 0 Å². The molecule has 1 aromatic rings. The molecule has 92 valence electrons. The lowest BCUT2D eigenvalue weighted by molar-refractivity contribution is -0.129. The number of carbonyl (C=O) groups excluding carboxylic acids is 1. The summed E-state index contributed by atoms with van der Waals surface area (Å²) in [5.74, 6) is 0.820. The smallest absolute Gasteiger partial charge is 0.223 e. The number of carbonyl (C=O) groups is 1. The summed E-state index contributed by atoms with van der Waals surface area (Å²) in [6.07, 6.45) is 1.80. The third-order valence-electron chi connectivity index (χ3n) is 3.51. The van der Waals surface area contributed by atoms with Crippen LogP contribution in [0.2, 0.25) is 0 Å². The summed E-state index contributed by atoms with van der Waals surface area (Å²) in [4.78, 5) is 14.0. The molecule has 0 aliphatic carbocycles. The molecule has 0 unspecified atom stereocenters. The minimum atomic E-state index is 0.198. The van der Waals surface area contributed by atoms with Crippen LogP contribution in [0.3, 0.4) is 0 Å². The second-order valence-corrected chi connectivity index (χ2v) is 5.47. The quantitative estimate of drug-likeness (QED) is 0.780. The maximum Gasteiger partial charge on any atom is 0.223 e. The van der Waals surface area contributed by atoms with Crippen molar-refractivity contribution < 1.29 is 4.79 Å². The lowest BCUT2D eigenvalue weighted by Gasteiger charge is -2.25. The molecule has 1 aliphatic heterocycles. The highest BCUT2D eigenvalue weighted by Gasteiger charge is 2.32. The average molecular weight is 296 g/mol. The molecule has 0 bridgehead atoms. The van der Waals surface area contributed by atoms with Crippen molar-refractivity contribution >= 4 is 21.8 Å². The van der Waals surface area contributed by atoms with Crippen molar-refractivity contribution in [3.63, 3.8) is 0 Å². The first-order chi connectivity index (χ1) is 8.22. The van der Waals surface area contributed by atoms with E-state index in [0.717, 1.165) is 18.3 Å². The summed E-state index contributed by atoms with van der Waals surface area (Å²) in [5.41, 5.74) is 1.22. The van der Waals surface area contributed by atoms with Crippen LogP contribution in [0, 0.1) is 5.92 Å². The zero-order chi connectivity index (χ0) is 12.3. The molecule has 0 N–H and O–H groups in total. The number of nitrogens with zero attached hydrogens (tertiary/aromatic N) is 1. The fourth-order valence-electron chi connectivity index (χ4n) is 2.44. The van der Waals surface area contributed by atoms with Gasteiger partial charge in [0, 0.05) is 18.3 Å². The van der Waals surface area contributed by atoms with Gasteiger partial charge < -0.3 is 4.90 Å². The zero-order valence-corrected chi connectivity index (χ0v) is 11.7. The van der Waals surface area contributed by atoms with E-state index in [0.29, 0.717) is 18.2 Å². The largest absolute Gasteiger partial charge is 0.336 e. The van der Waals surface area contributed by atoms with Crippen LogP contribution in [-0.2, 0) is 4.79 Å². The Bertz CT molecular complexity index is 379. The molecule has 3 heteroatoms. The van der Waals surface area contributed by atoms with Gasteiger partial charge in [0.25, 0.3) is 0 Å². The summed E-state index contributed by atoms with van der Waals surface area (Å²) in [7, 11) is 0. The molecule has 2 atom stereocenters. The summed E-state index contributed by atoms with van der Waals surface area (Å²) in [6, 6.07) is 10.5. The number of hydrogen-bond acceptors (Lipinski definition) is 1. The van der Waals surface area contributed by atoms with Gasteiger partial charge in [0.05, 0.1) is 6.04 Å². The van der Waals surface area contributed by atoms with E-state index >= 15 is 0 Å². The highest BCUT2D eigenvalue weighted by molar-refractivity contribution is 9.09. The van der Waals surface area contributed by atoms with Gasteiger partial charge in [0.2, 0.25) is 5.91 Å². The van der Waals surface area contributed by atoms with E-state index in [-0.39, 0.29) is 6.04 Å². The van der Waals surface area contributed by atoms with Crippen LogP contribution >= 0.6 is 15.9 Å². The van der Waals surface area contributed by atoms with Gasteiger partial charge in [-0.25, -0.2) is 0 Å². The van der Waals surface area contributed by atoms with Gasteiger partial charge in [-0.2, -0.15) is 0 Å². The van der Waals surface area contributed by atoms with Crippen molar-refractivity contribution in [3.05, 3.63) is 35.9 Å². The zero-order valence-electron chi connectivity index (χ0n) is 10.1. The van der Waals surface area contributed by atoms with Crippen LogP contribution in [0.1, 0.15) is 31.4 Å². The van der Waals surface area contributed by atoms with Crippen molar-refractivity contribution in [2.75, 3.05) is 11.9 Å². The van der Waals surface area contributed by atoms with Gasteiger partial charge >= 0.3 is 0 Å². The summed E-state index contributed by atoms with van der Waals surface area (Å²) in [5, 5.41) is 0.985. The SMILES string of the molecule is C[C@H](c1ccccc1)N1C[C@@H](CCBr)CC1=O. The van der Waals surface area contributed by atoms with Crippen LogP contribution in [0.4, 0.5) is 0 Å². The van der Waals surface area contributed by atoms with Gasteiger partial charge in [0.1, 0.15) is 0 Å². The molecule has 0 saturated carbocycles. The molecule has 2 rings (SSSR count). The number of amides is 1. The van der Waals surface area contributed by atoms with Crippen molar-refractivity contribution in [2.24, 2.45) is 5.92 Å². The Hall–Kier alpha value is -0.830. The Morgan fingerprint density at radius 3 is 2.76 bits per heavy atom. The van der Waals surface area contributed by atoms with Crippen molar-refractivity contribution in [1.82, 2.24) is 4.90 Å². The van der Waals surface area contributed by atoms with Crippen molar-refractivity contribution in [2.45, 2.75) is 25.8 Å². The highest BCUT2D eigenvalue weighted by Crippen LogP contribution is 2.29. The Morgan fingerprint density at radius 2 is 2.12 bits per heavy atom. The molecule has 17 heavy (non-hydrogen) atoms. The fraction of sp³-hybridized carbons (Fsp3) is 0.500. The standard InChI is InChI=1S/C14H18BrNO/c1-11(13-5-3-2-4-6-13)16-10-12(7-8-15)9-14(16)17/h2-6,11-12H,7-10H2,1H3/t11-,12+/m1/s1. The van der Waals surface area contributed by atoms with Gasteiger partial charge in [0.15, 0.2) is 0 Å². The maximum atomic E-state index is 12.0. The minimum absolute atomic E-state index is 0.198. The van der Waals surface area contributed by atoms with Gasteiger partial charge in [-0.1, -0.05) is 46.3 Å². The third kappa shape index (κ3) is 2.89. The van der Waals surface area contributed by atoms with Gasteiger partial charge in [-0.15, -0.1) is 0 Å². The first kappa shape index (κ1) is 12.6. The van der Waals surface area contributed by atoms with Gasteiger partial charge in [-0.3, -0.25) is 4.79 Å². The summed E-state index contributed by atoms with van der Waals surface area (Å²) in [6.45, 7) is 3.02. The topological polar surface area (TPSA) is 20.3 Å². The number of alkyl halides is 1. The van der Waals surface area contributed by atoms with Crippen LogP contribution in [0.5, 0.6) is 0 Å². The average Bonchev–Trinajstić information content (AvgIpc) is 2.71. The molecule has 1 amide bonds. The third-order valence-corrected chi connectivity index (χ3v) is 3.96. The highest BCUT2D eigenvalue weighted by atomic mass is 79.9. The summed E-state index contributed by atoms with van der Waals surface area (Å²) < 4.78 is 0. The molecule has 0 aromatic heterocycles. The number of benzene rings is 1. The second-order valence-electron chi connectivity index (χ2n) is 4.68. The Morgan fingerprint density at radius 1 is 1.41 bits per heavy atom. The van der Waals surface area contributed by atoms with Crippen LogP contribution in [0.25, 0.3) is 0 Å². The number of halogens is 1. The van der Waals surface area contributed by atoms with Crippen molar-refractivity contribution in [1.29, 1.82) is 0 Å². The molecule has 1 aromatic carbocycles. The van der Waals surface area contributed by atoms with E-state index in [4.69, 9.17) is 0 Å². The Kier molecular flexibility index (Phi) is 4.21. The number of hydrogen-bond donors (Lipinski definition) is 0. The molecular formula is C14H18BrNO. The lowest BCUT2D eigenvalue weighted by atomic mass is 10.1. The normalized spacial score (nSPS) is 21.9. The Labute approximate surface area is 111 Å². The Balaban J connectivity index is 2.06. The number of rotatable bonds is 4. The minimum Gasteiger partial charge on any atom is -0.336 e. The molecule has 0 spiro atoms. The van der Waals surface area contributed by atoms with Gasteiger partial charge in [-0.05, 0) is 24.8 Å². The number of likely N-dealkylation sites (tertiary alicyclic amines) is 1. The molecular weight excluding hydrogens is 278 g/mol. The molecule has 1 heterocycles. The first-order valence-electron chi connectivity index (χ1n) is 6.12. The van der Waals surface area contributed by atoms with Crippen LogP contribution in [-0.4, -0.2) is 22.7 Å². The van der Waals surface area contributed by atoms with Crippen LogP contribution in [0.15, 0.2) is 30.3 Å². The lowest BCUT2D eigenvalue weighted by Crippen LogP contribution is -2.28. The van der Waals surface area contributed by atoms with E-state index in [1.165, 1.54) is 5.56 Å². The van der Waals surface area contributed by atoms with E-state index in [1.807, 2.05) is 23.1 Å². The van der Waals surface area contributed by atoms with E-state index in [1.54, 1.807) is 0 Å². The van der Waals surface area contributed by atoms with E-state index in [2.05, 4.69) is 35.0 Å². The predicted octanol–water partition coefficient (Wildman–Crippen LogP) is 3.38. The first-order valence-corrected chi connectivity index (χ1v) is 7.25. The van der Waals surface area contributed by atoms with E-state index in [9.17, 15) is 4.79 Å². The van der Waals surface area contributed by atoms with E-state index < -0.39 is 0 Å². The predicted molar refractivity (Wildman–Crippen MR) is 73.1 cm³/mol. The van der Waals surface area contributed by atoms with Crippen LogP contribution < -0.4 is 0 Å².